The Morgan fingerprint density at radius 1 is 0.308 bits per heavy atom. The Kier molecular flexibility index (Phi) is 10.7. The molecule has 52 heavy (non-hydrogen) atoms. The van der Waals surface area contributed by atoms with E-state index in [2.05, 4.69) is 172 Å². The average Bonchev–Trinajstić information content (AvgIpc) is 3.11. The van der Waals surface area contributed by atoms with Gasteiger partial charge in [-0.05, 0) is 103 Å². The largest absolute Gasteiger partial charge is 0.530 e. The highest BCUT2D eigenvalue weighted by Crippen LogP contribution is 2.44. The molecule has 6 rings (SSSR count). The van der Waals surface area contributed by atoms with Crippen molar-refractivity contribution in [1.82, 2.24) is 0 Å². The van der Waals surface area contributed by atoms with Crippen LogP contribution in [0, 0.1) is 0 Å². The predicted octanol–water partition coefficient (Wildman–Crippen LogP) is 14.3. The van der Waals surface area contributed by atoms with E-state index in [9.17, 15) is 0 Å². The molecule has 4 heteroatoms. The van der Waals surface area contributed by atoms with Crippen molar-refractivity contribution in [3.8, 4) is 50.6 Å². The van der Waals surface area contributed by atoms with Crippen molar-refractivity contribution in [1.29, 1.82) is 0 Å². The molecule has 0 saturated heterocycles. The summed E-state index contributed by atoms with van der Waals surface area (Å²) in [6, 6.07) is 50.4. The second-order valence-electron chi connectivity index (χ2n) is 16.5. The zero-order chi connectivity index (χ0) is 37.1. The Morgan fingerprint density at radius 3 is 0.769 bits per heavy atom. The summed E-state index contributed by atoms with van der Waals surface area (Å²) in [5, 5.41) is 0. The zero-order valence-electron chi connectivity index (χ0n) is 32.0. The molecule has 0 aliphatic heterocycles. The van der Waals surface area contributed by atoms with Crippen molar-refractivity contribution in [2.24, 2.45) is 0 Å². The lowest BCUT2D eigenvalue weighted by atomic mass is 9.82. The summed E-state index contributed by atoms with van der Waals surface area (Å²) in [7, 11) is -1.86. The van der Waals surface area contributed by atoms with Crippen LogP contribution in [0.15, 0.2) is 146 Å². The van der Waals surface area contributed by atoms with Crippen LogP contribution in [0.3, 0.4) is 0 Å². The van der Waals surface area contributed by atoms with Gasteiger partial charge >= 0.3 is 8.60 Å². The van der Waals surface area contributed by atoms with Gasteiger partial charge in [0.1, 0.15) is 17.2 Å². The number of rotatable bonds is 9. The van der Waals surface area contributed by atoms with Crippen molar-refractivity contribution in [2.75, 3.05) is 0 Å². The Labute approximate surface area is 312 Å². The molecule has 0 N–H and O–H groups in total. The minimum absolute atomic E-state index is 0.0243. The highest BCUT2D eigenvalue weighted by molar-refractivity contribution is 7.43. The molecule has 0 saturated carbocycles. The molecule has 0 amide bonds. The lowest BCUT2D eigenvalue weighted by Crippen LogP contribution is -2.12. The van der Waals surface area contributed by atoms with E-state index < -0.39 is 8.60 Å². The van der Waals surface area contributed by atoms with Crippen LogP contribution >= 0.6 is 8.60 Å². The maximum Gasteiger partial charge on any atom is 0.530 e. The topological polar surface area (TPSA) is 27.7 Å². The van der Waals surface area contributed by atoms with Crippen molar-refractivity contribution >= 4 is 8.60 Å². The third-order valence-corrected chi connectivity index (χ3v) is 10.3. The van der Waals surface area contributed by atoms with Gasteiger partial charge in [0, 0.05) is 0 Å². The molecular formula is C48H51O3P. The van der Waals surface area contributed by atoms with E-state index in [-0.39, 0.29) is 16.2 Å². The van der Waals surface area contributed by atoms with E-state index in [0.29, 0.717) is 17.2 Å². The second-order valence-corrected chi connectivity index (χ2v) is 17.5. The van der Waals surface area contributed by atoms with Gasteiger partial charge in [0.2, 0.25) is 0 Å². The molecule has 266 valence electrons. The Hall–Kier alpha value is -4.85. The van der Waals surface area contributed by atoms with Gasteiger partial charge in [-0.1, -0.05) is 172 Å². The minimum Gasteiger partial charge on any atom is -0.409 e. The maximum absolute atomic E-state index is 6.49. The Bertz CT molecular complexity index is 1850. The molecule has 0 aliphatic rings. The number of hydrogen-bond acceptors (Lipinski definition) is 3. The standard InChI is InChI=1S/C48H51O3P/c1-46(2,3)43-19-13-10-16-40(43)34-22-28-37(29-23-34)49-52(50-38-30-24-35(25-31-38)41-17-11-14-20-44(41)47(4,5)6)51-39-32-26-36(27-33-39)42-18-12-15-21-45(42)48(7,8)9/h10-33H,1-9H3. The molecular weight excluding hydrogens is 655 g/mol. The van der Waals surface area contributed by atoms with E-state index in [1.54, 1.807) is 0 Å². The first kappa shape index (κ1) is 36.9. The second kappa shape index (κ2) is 15.0. The highest BCUT2D eigenvalue weighted by Gasteiger charge is 2.23. The number of benzene rings is 6. The van der Waals surface area contributed by atoms with Gasteiger partial charge in [-0.15, -0.1) is 0 Å². The molecule has 0 aromatic heterocycles. The van der Waals surface area contributed by atoms with Crippen molar-refractivity contribution in [3.05, 3.63) is 162 Å². The third kappa shape index (κ3) is 8.77. The summed E-state index contributed by atoms with van der Waals surface area (Å²) in [6.45, 7) is 20.2. The molecule has 3 nitrogen and oxygen atoms in total. The smallest absolute Gasteiger partial charge is 0.409 e. The molecule has 6 aromatic rings. The molecule has 0 spiro atoms. The van der Waals surface area contributed by atoms with Gasteiger partial charge in [0.15, 0.2) is 0 Å². The van der Waals surface area contributed by atoms with E-state index in [0.717, 1.165) is 16.7 Å². The molecule has 0 aliphatic carbocycles. The first-order valence-electron chi connectivity index (χ1n) is 18.1. The highest BCUT2D eigenvalue weighted by atomic mass is 31.2. The van der Waals surface area contributed by atoms with E-state index in [1.165, 1.54) is 33.4 Å². The quantitative estimate of drug-likeness (QED) is 0.140. The van der Waals surface area contributed by atoms with Gasteiger partial charge in [-0.2, -0.15) is 0 Å². The van der Waals surface area contributed by atoms with Crippen LogP contribution in [0.1, 0.15) is 79.0 Å². The first-order valence-corrected chi connectivity index (χ1v) is 19.2. The summed E-state index contributed by atoms with van der Waals surface area (Å²) >= 11 is 0. The fraction of sp³-hybridized carbons (Fsp3) is 0.250. The summed E-state index contributed by atoms with van der Waals surface area (Å²) in [5.74, 6) is 2.03. The molecule has 0 heterocycles. The van der Waals surface area contributed by atoms with E-state index >= 15 is 0 Å². The van der Waals surface area contributed by atoms with Crippen molar-refractivity contribution in [3.63, 3.8) is 0 Å². The van der Waals surface area contributed by atoms with E-state index in [4.69, 9.17) is 13.6 Å². The van der Waals surface area contributed by atoms with Crippen LogP contribution in [0.2, 0.25) is 0 Å². The molecule has 0 fully saturated rings. The van der Waals surface area contributed by atoms with Gasteiger partial charge in [0.25, 0.3) is 0 Å². The van der Waals surface area contributed by atoms with Crippen LogP contribution in [0.25, 0.3) is 33.4 Å². The van der Waals surface area contributed by atoms with Crippen LogP contribution in [0.4, 0.5) is 0 Å². The predicted molar refractivity (Wildman–Crippen MR) is 221 cm³/mol. The lowest BCUT2D eigenvalue weighted by molar-refractivity contribution is 0.388. The van der Waals surface area contributed by atoms with Crippen LogP contribution in [0.5, 0.6) is 17.2 Å². The van der Waals surface area contributed by atoms with Gasteiger partial charge in [-0.25, -0.2) is 0 Å². The maximum atomic E-state index is 6.49. The Balaban J connectivity index is 1.27. The van der Waals surface area contributed by atoms with Crippen LogP contribution in [-0.2, 0) is 16.2 Å². The molecule has 6 aromatic carbocycles. The molecule has 0 atom stereocenters. The summed E-state index contributed by atoms with van der Waals surface area (Å²) < 4.78 is 19.5. The normalized spacial score (nSPS) is 12.1. The fourth-order valence-corrected chi connectivity index (χ4v) is 7.56. The SMILES string of the molecule is CC(C)(C)c1ccccc1-c1ccc(OP(Oc2ccc(-c3ccccc3C(C)(C)C)cc2)Oc2ccc(-c3ccccc3C(C)(C)C)cc2)cc1. The van der Waals surface area contributed by atoms with Crippen LogP contribution in [-0.4, -0.2) is 0 Å². The van der Waals surface area contributed by atoms with Gasteiger partial charge < -0.3 is 13.6 Å². The summed E-state index contributed by atoms with van der Waals surface area (Å²) in [6.07, 6.45) is 0. The monoisotopic (exact) mass is 706 g/mol. The molecule has 0 radical (unpaired) electrons. The summed E-state index contributed by atoms with van der Waals surface area (Å²) in [4.78, 5) is 0. The van der Waals surface area contributed by atoms with Crippen molar-refractivity contribution < 1.29 is 13.6 Å². The van der Waals surface area contributed by atoms with E-state index in [1.807, 2.05) is 36.4 Å². The van der Waals surface area contributed by atoms with Gasteiger partial charge in [-0.3, -0.25) is 0 Å². The zero-order valence-corrected chi connectivity index (χ0v) is 32.9. The summed E-state index contributed by atoms with van der Waals surface area (Å²) in [5.41, 5.74) is 11.1. The lowest BCUT2D eigenvalue weighted by Gasteiger charge is -2.23. The molecule has 0 bridgehead atoms. The first-order chi connectivity index (χ1) is 24.7. The minimum atomic E-state index is -1.86. The third-order valence-electron chi connectivity index (χ3n) is 9.24. The number of hydrogen-bond donors (Lipinski definition) is 0. The Morgan fingerprint density at radius 2 is 0.538 bits per heavy atom. The average molecular weight is 707 g/mol. The molecule has 0 unspecified atom stereocenters. The van der Waals surface area contributed by atoms with Crippen molar-refractivity contribution in [2.45, 2.75) is 78.6 Å². The fourth-order valence-electron chi connectivity index (χ4n) is 6.57. The van der Waals surface area contributed by atoms with Crippen LogP contribution < -0.4 is 13.6 Å². The van der Waals surface area contributed by atoms with Gasteiger partial charge in [0.05, 0.1) is 0 Å².